The van der Waals surface area contributed by atoms with Gasteiger partial charge in [0.1, 0.15) is 0 Å². The number of aromatic nitrogens is 2. The molecule has 0 spiro atoms. The minimum Gasteiger partial charge on any atom is -0.319 e. The number of benzene rings is 2. The molecule has 3 rings (SSSR count). The molecule has 1 aromatic heterocycles. The van der Waals surface area contributed by atoms with E-state index in [1.807, 2.05) is 24.6 Å². The fourth-order valence-corrected chi connectivity index (χ4v) is 3.26. The fraction of sp³-hybridized carbons (Fsp3) is 0.200. The van der Waals surface area contributed by atoms with Crippen LogP contribution in [0.15, 0.2) is 42.5 Å². The van der Waals surface area contributed by atoms with Gasteiger partial charge in [-0.3, -0.25) is 9.48 Å². The molecule has 0 radical (unpaired) electrons. The highest BCUT2D eigenvalue weighted by molar-refractivity contribution is 6.44. The van der Waals surface area contributed by atoms with Crippen molar-refractivity contribution >= 4 is 34.8 Å². The number of carbonyl (C=O) groups excluding carboxylic acids is 1. The Morgan fingerprint density at radius 1 is 1.12 bits per heavy atom. The molecule has 0 aliphatic carbocycles. The summed E-state index contributed by atoms with van der Waals surface area (Å²) in [6.07, 6.45) is 0. The highest BCUT2D eigenvalue weighted by Gasteiger charge is 2.18. The second kappa shape index (κ2) is 7.52. The number of rotatable bonds is 4. The van der Waals surface area contributed by atoms with Crippen molar-refractivity contribution in [3.05, 3.63) is 80.6 Å². The van der Waals surface area contributed by atoms with Crippen LogP contribution < -0.4 is 5.32 Å². The van der Waals surface area contributed by atoms with E-state index in [2.05, 4.69) is 35.5 Å². The van der Waals surface area contributed by atoms with Gasteiger partial charge < -0.3 is 5.32 Å². The molecule has 0 saturated carbocycles. The first-order chi connectivity index (χ1) is 12.4. The molecule has 26 heavy (non-hydrogen) atoms. The zero-order chi connectivity index (χ0) is 18.8. The quantitative estimate of drug-likeness (QED) is 0.649. The highest BCUT2D eigenvalue weighted by Crippen LogP contribution is 2.27. The summed E-state index contributed by atoms with van der Waals surface area (Å²) in [5.41, 5.74) is 5.03. The van der Waals surface area contributed by atoms with Crippen LogP contribution in [0.2, 0.25) is 10.0 Å². The van der Waals surface area contributed by atoms with Crippen molar-refractivity contribution in [3.8, 4) is 0 Å². The molecule has 6 heteroatoms. The Kier molecular flexibility index (Phi) is 5.35. The molecule has 1 heterocycles. The molecular weight excluding hydrogens is 369 g/mol. The van der Waals surface area contributed by atoms with E-state index < -0.39 is 0 Å². The Labute approximate surface area is 162 Å². The topological polar surface area (TPSA) is 46.9 Å². The Morgan fingerprint density at radius 3 is 2.58 bits per heavy atom. The van der Waals surface area contributed by atoms with E-state index in [1.54, 1.807) is 18.2 Å². The molecule has 0 unspecified atom stereocenters. The average Bonchev–Trinajstić information content (AvgIpc) is 2.85. The Hall–Kier alpha value is -2.30. The lowest BCUT2D eigenvalue weighted by Gasteiger charge is -2.09. The van der Waals surface area contributed by atoms with Gasteiger partial charge >= 0.3 is 0 Å². The maximum Gasteiger partial charge on any atom is 0.257 e. The van der Waals surface area contributed by atoms with Gasteiger partial charge in [0.15, 0.2) is 0 Å². The van der Waals surface area contributed by atoms with Crippen LogP contribution in [0.3, 0.4) is 0 Å². The number of carbonyl (C=O) groups is 1. The van der Waals surface area contributed by atoms with Crippen molar-refractivity contribution in [2.24, 2.45) is 0 Å². The van der Waals surface area contributed by atoms with Crippen molar-refractivity contribution in [2.75, 3.05) is 5.32 Å². The summed E-state index contributed by atoms with van der Waals surface area (Å²) in [4.78, 5) is 12.6. The zero-order valence-electron chi connectivity index (χ0n) is 14.8. The summed E-state index contributed by atoms with van der Waals surface area (Å²) in [6, 6.07) is 13.3. The van der Waals surface area contributed by atoms with E-state index in [1.165, 1.54) is 5.56 Å². The number of aryl methyl sites for hydroxylation is 2. The number of hydrogen-bond donors (Lipinski definition) is 1. The van der Waals surface area contributed by atoms with Gasteiger partial charge in [0.05, 0.1) is 39.2 Å². The van der Waals surface area contributed by atoms with Crippen LogP contribution in [0, 0.1) is 20.8 Å². The number of hydrogen-bond acceptors (Lipinski definition) is 2. The van der Waals surface area contributed by atoms with Gasteiger partial charge in [-0.25, -0.2) is 0 Å². The third-order valence-electron chi connectivity index (χ3n) is 4.23. The summed E-state index contributed by atoms with van der Waals surface area (Å²) < 4.78 is 1.89. The molecule has 0 fully saturated rings. The van der Waals surface area contributed by atoms with Gasteiger partial charge in [0.2, 0.25) is 0 Å². The average molecular weight is 388 g/mol. The summed E-state index contributed by atoms with van der Waals surface area (Å²) in [5.74, 6) is -0.307. The van der Waals surface area contributed by atoms with E-state index in [0.29, 0.717) is 22.8 Å². The Balaban J connectivity index is 1.86. The fourth-order valence-electron chi connectivity index (χ4n) is 2.88. The first-order valence-electron chi connectivity index (χ1n) is 8.21. The van der Waals surface area contributed by atoms with Gasteiger partial charge in [-0.1, -0.05) is 59.1 Å². The Morgan fingerprint density at radius 2 is 1.85 bits per heavy atom. The number of halogens is 2. The number of nitrogens with one attached hydrogen (secondary N) is 1. The van der Waals surface area contributed by atoms with Crippen molar-refractivity contribution in [2.45, 2.75) is 27.3 Å². The van der Waals surface area contributed by atoms with Gasteiger partial charge in [-0.05, 0) is 38.5 Å². The first-order valence-corrected chi connectivity index (χ1v) is 8.97. The lowest BCUT2D eigenvalue weighted by Crippen LogP contribution is -2.14. The SMILES string of the molecule is Cc1cccc(Cn2nc(C)c(NC(=O)c3cccc(Cl)c3Cl)c2C)c1. The maximum atomic E-state index is 12.6. The summed E-state index contributed by atoms with van der Waals surface area (Å²) in [5, 5.41) is 8.07. The monoisotopic (exact) mass is 387 g/mol. The molecule has 0 bridgehead atoms. The van der Waals surface area contributed by atoms with Crippen LogP contribution in [-0.2, 0) is 6.54 Å². The van der Waals surface area contributed by atoms with E-state index in [-0.39, 0.29) is 10.9 Å². The van der Waals surface area contributed by atoms with Crippen LogP contribution in [0.1, 0.15) is 32.9 Å². The van der Waals surface area contributed by atoms with Gasteiger partial charge in [0.25, 0.3) is 5.91 Å². The second-order valence-electron chi connectivity index (χ2n) is 6.25. The minimum atomic E-state index is -0.307. The van der Waals surface area contributed by atoms with Crippen LogP contribution in [-0.4, -0.2) is 15.7 Å². The van der Waals surface area contributed by atoms with E-state index in [0.717, 1.165) is 17.0 Å². The van der Waals surface area contributed by atoms with Crippen LogP contribution in [0.5, 0.6) is 0 Å². The first kappa shape index (κ1) is 18.5. The molecule has 0 atom stereocenters. The van der Waals surface area contributed by atoms with Gasteiger partial charge in [-0.2, -0.15) is 5.10 Å². The Bertz CT molecular complexity index is 979. The normalized spacial score (nSPS) is 10.8. The standard InChI is InChI=1S/C20H19Cl2N3O/c1-12-6-4-7-15(10-12)11-25-14(3)19(13(2)24-25)23-20(26)16-8-5-9-17(21)18(16)22/h4-10H,11H2,1-3H3,(H,23,26). The number of nitrogens with zero attached hydrogens (tertiary/aromatic N) is 2. The maximum absolute atomic E-state index is 12.6. The summed E-state index contributed by atoms with van der Waals surface area (Å²) >= 11 is 12.1. The predicted molar refractivity (Wildman–Crippen MR) is 106 cm³/mol. The number of anilines is 1. The zero-order valence-corrected chi connectivity index (χ0v) is 16.3. The molecule has 2 aromatic carbocycles. The highest BCUT2D eigenvalue weighted by atomic mass is 35.5. The van der Waals surface area contributed by atoms with Crippen LogP contribution in [0.25, 0.3) is 0 Å². The molecule has 1 amide bonds. The van der Waals surface area contributed by atoms with E-state index >= 15 is 0 Å². The third-order valence-corrected chi connectivity index (χ3v) is 5.05. The largest absolute Gasteiger partial charge is 0.319 e. The lowest BCUT2D eigenvalue weighted by molar-refractivity contribution is 0.102. The van der Waals surface area contributed by atoms with Crippen molar-refractivity contribution in [3.63, 3.8) is 0 Å². The molecule has 3 aromatic rings. The minimum absolute atomic E-state index is 0.245. The molecule has 0 aliphatic heterocycles. The molecule has 0 aliphatic rings. The van der Waals surface area contributed by atoms with Crippen molar-refractivity contribution in [1.82, 2.24) is 9.78 Å². The summed E-state index contributed by atoms with van der Waals surface area (Å²) in [7, 11) is 0. The molecule has 4 nitrogen and oxygen atoms in total. The molecule has 134 valence electrons. The van der Waals surface area contributed by atoms with Crippen molar-refractivity contribution < 1.29 is 4.79 Å². The van der Waals surface area contributed by atoms with Gasteiger partial charge in [-0.15, -0.1) is 0 Å². The van der Waals surface area contributed by atoms with E-state index in [9.17, 15) is 4.79 Å². The van der Waals surface area contributed by atoms with E-state index in [4.69, 9.17) is 23.2 Å². The van der Waals surface area contributed by atoms with Crippen LogP contribution in [0.4, 0.5) is 5.69 Å². The van der Waals surface area contributed by atoms with Crippen LogP contribution >= 0.6 is 23.2 Å². The smallest absolute Gasteiger partial charge is 0.257 e. The molecule has 0 saturated heterocycles. The molecular formula is C20H19Cl2N3O. The number of amides is 1. The van der Waals surface area contributed by atoms with Gasteiger partial charge in [0, 0.05) is 0 Å². The summed E-state index contributed by atoms with van der Waals surface area (Å²) in [6.45, 7) is 6.51. The predicted octanol–water partition coefficient (Wildman–Crippen LogP) is 5.42. The molecule has 1 N–H and O–H groups in total. The van der Waals surface area contributed by atoms with Crippen molar-refractivity contribution in [1.29, 1.82) is 0 Å². The third kappa shape index (κ3) is 3.76. The lowest BCUT2D eigenvalue weighted by atomic mass is 10.1. The second-order valence-corrected chi connectivity index (χ2v) is 7.03.